The highest BCUT2D eigenvalue weighted by Gasteiger charge is 2.24. The number of rotatable bonds is 6. The van der Waals surface area contributed by atoms with E-state index in [9.17, 15) is 9.59 Å². The summed E-state index contributed by atoms with van der Waals surface area (Å²) in [7, 11) is 0. The van der Waals surface area contributed by atoms with Gasteiger partial charge in [0, 0.05) is 0 Å². The summed E-state index contributed by atoms with van der Waals surface area (Å²) < 4.78 is 14.9. The average Bonchev–Trinajstić information content (AvgIpc) is 3.26. The maximum Gasteiger partial charge on any atom is 0.338 e. The Labute approximate surface area is 110 Å². The van der Waals surface area contributed by atoms with E-state index in [1.54, 1.807) is 18.2 Å². The first-order valence-electron chi connectivity index (χ1n) is 5.87. The van der Waals surface area contributed by atoms with Crippen LogP contribution in [-0.2, 0) is 14.2 Å². The van der Waals surface area contributed by atoms with E-state index in [1.807, 2.05) is 0 Å². The Morgan fingerprint density at radius 2 is 1.95 bits per heavy atom. The molecule has 100 valence electrons. The van der Waals surface area contributed by atoms with Gasteiger partial charge in [-0.1, -0.05) is 18.7 Å². The van der Waals surface area contributed by atoms with Crippen LogP contribution in [0, 0.1) is 0 Å². The largest absolute Gasteiger partial charge is 0.459 e. The van der Waals surface area contributed by atoms with Crippen LogP contribution in [-0.4, -0.2) is 37.9 Å². The van der Waals surface area contributed by atoms with Gasteiger partial charge in [-0.25, -0.2) is 9.59 Å². The van der Waals surface area contributed by atoms with E-state index in [4.69, 9.17) is 14.2 Å². The van der Waals surface area contributed by atoms with Gasteiger partial charge in [0.15, 0.2) is 0 Å². The molecule has 2 rings (SSSR count). The fourth-order valence-corrected chi connectivity index (χ4v) is 1.41. The van der Waals surface area contributed by atoms with Crippen LogP contribution in [0.15, 0.2) is 36.9 Å². The molecule has 0 saturated carbocycles. The fraction of sp³-hybridized carbons (Fsp3) is 0.286. The van der Waals surface area contributed by atoms with Crippen LogP contribution in [0.2, 0.25) is 0 Å². The summed E-state index contributed by atoms with van der Waals surface area (Å²) in [6.07, 6.45) is 1.50. The third-order valence-electron chi connectivity index (χ3n) is 2.47. The average molecular weight is 262 g/mol. The van der Waals surface area contributed by atoms with Gasteiger partial charge in [0.2, 0.25) is 0 Å². The summed E-state index contributed by atoms with van der Waals surface area (Å²) >= 11 is 0. The van der Waals surface area contributed by atoms with Crippen molar-refractivity contribution < 1.29 is 23.8 Å². The lowest BCUT2D eigenvalue weighted by Crippen LogP contribution is -2.11. The van der Waals surface area contributed by atoms with Gasteiger partial charge in [-0.3, -0.25) is 0 Å². The summed E-state index contributed by atoms with van der Waals surface area (Å²) in [4.78, 5) is 23.3. The van der Waals surface area contributed by atoms with Crippen LogP contribution < -0.4 is 0 Å². The quantitative estimate of drug-likeness (QED) is 0.442. The minimum Gasteiger partial charge on any atom is -0.459 e. The highest BCUT2D eigenvalue weighted by molar-refractivity contribution is 5.95. The molecule has 0 spiro atoms. The van der Waals surface area contributed by atoms with E-state index in [-0.39, 0.29) is 19.3 Å². The second-order valence-electron chi connectivity index (χ2n) is 4.02. The molecule has 5 heteroatoms. The molecule has 1 heterocycles. The van der Waals surface area contributed by atoms with Crippen LogP contribution in [0.5, 0.6) is 0 Å². The third-order valence-corrected chi connectivity index (χ3v) is 2.47. The third kappa shape index (κ3) is 3.93. The fourth-order valence-electron chi connectivity index (χ4n) is 1.41. The Bertz CT molecular complexity index is 490. The predicted octanol–water partition coefficient (Wildman–Crippen LogP) is 1.58. The zero-order valence-corrected chi connectivity index (χ0v) is 10.3. The number of hydrogen-bond donors (Lipinski definition) is 0. The molecule has 1 atom stereocenters. The number of ether oxygens (including phenoxy) is 3. The lowest BCUT2D eigenvalue weighted by molar-refractivity contribution is 0.0476. The van der Waals surface area contributed by atoms with E-state index < -0.39 is 11.9 Å². The van der Waals surface area contributed by atoms with Crippen LogP contribution in [0.1, 0.15) is 20.7 Å². The van der Waals surface area contributed by atoms with E-state index in [1.165, 1.54) is 12.1 Å². The van der Waals surface area contributed by atoms with Gasteiger partial charge in [0.1, 0.15) is 19.3 Å². The molecule has 0 N–H and O–H groups in total. The predicted molar refractivity (Wildman–Crippen MR) is 66.9 cm³/mol. The number of benzene rings is 1. The van der Waals surface area contributed by atoms with Gasteiger partial charge in [-0.15, -0.1) is 0 Å². The summed E-state index contributed by atoms with van der Waals surface area (Å²) in [6.45, 7) is 4.45. The molecule has 1 saturated heterocycles. The first-order chi connectivity index (χ1) is 9.20. The van der Waals surface area contributed by atoms with Gasteiger partial charge in [-0.2, -0.15) is 0 Å². The molecule has 1 aliphatic heterocycles. The Morgan fingerprint density at radius 3 is 2.53 bits per heavy atom. The standard InChI is InChI=1S/C14H14O5/c1-2-6-17-13(15)10-4-3-5-11(7-10)14(16)19-9-12-8-18-12/h2-5,7,12H,1,6,8-9H2. The van der Waals surface area contributed by atoms with Gasteiger partial charge in [-0.05, 0) is 18.2 Å². The molecule has 1 fully saturated rings. The Hall–Kier alpha value is -2.14. The maximum absolute atomic E-state index is 11.7. The highest BCUT2D eigenvalue weighted by Crippen LogP contribution is 2.12. The molecule has 0 radical (unpaired) electrons. The van der Waals surface area contributed by atoms with Crippen molar-refractivity contribution in [3.63, 3.8) is 0 Å². The molecule has 19 heavy (non-hydrogen) atoms. The lowest BCUT2D eigenvalue weighted by atomic mass is 10.1. The van der Waals surface area contributed by atoms with Crippen LogP contribution in [0.3, 0.4) is 0 Å². The van der Waals surface area contributed by atoms with E-state index in [0.717, 1.165) is 0 Å². The van der Waals surface area contributed by atoms with Gasteiger partial charge < -0.3 is 14.2 Å². The summed E-state index contributed by atoms with van der Waals surface area (Å²) in [5.41, 5.74) is 0.618. The minimum absolute atomic E-state index is 0.0182. The first kappa shape index (κ1) is 13.3. The molecule has 1 aromatic rings. The molecule has 1 unspecified atom stereocenters. The molecule has 1 aliphatic rings. The van der Waals surface area contributed by atoms with Crippen molar-refractivity contribution in [2.24, 2.45) is 0 Å². The van der Waals surface area contributed by atoms with Crippen LogP contribution in [0.4, 0.5) is 0 Å². The highest BCUT2D eigenvalue weighted by atomic mass is 16.6. The van der Waals surface area contributed by atoms with Gasteiger partial charge in [0.25, 0.3) is 0 Å². The van der Waals surface area contributed by atoms with E-state index >= 15 is 0 Å². The van der Waals surface area contributed by atoms with Crippen molar-refractivity contribution in [3.8, 4) is 0 Å². The summed E-state index contributed by atoms with van der Waals surface area (Å²) in [5.74, 6) is -0.978. The normalized spacial score (nSPS) is 16.5. The topological polar surface area (TPSA) is 65.1 Å². The number of epoxide rings is 1. The zero-order chi connectivity index (χ0) is 13.7. The molecular formula is C14H14O5. The summed E-state index contributed by atoms with van der Waals surface area (Å²) in [6, 6.07) is 6.21. The second kappa shape index (κ2) is 6.15. The maximum atomic E-state index is 11.7. The van der Waals surface area contributed by atoms with Gasteiger partial charge in [0.05, 0.1) is 17.7 Å². The number of carbonyl (C=O) groups is 2. The molecule has 0 aliphatic carbocycles. The van der Waals surface area contributed by atoms with Crippen molar-refractivity contribution in [3.05, 3.63) is 48.0 Å². The minimum atomic E-state index is -0.500. The van der Waals surface area contributed by atoms with Crippen molar-refractivity contribution in [1.82, 2.24) is 0 Å². The Morgan fingerprint density at radius 1 is 1.32 bits per heavy atom. The monoisotopic (exact) mass is 262 g/mol. The van der Waals surface area contributed by atoms with Crippen molar-refractivity contribution in [2.45, 2.75) is 6.10 Å². The molecule has 1 aromatic carbocycles. The van der Waals surface area contributed by atoms with Crippen LogP contribution >= 0.6 is 0 Å². The van der Waals surface area contributed by atoms with Crippen LogP contribution in [0.25, 0.3) is 0 Å². The van der Waals surface area contributed by atoms with Crippen molar-refractivity contribution >= 4 is 11.9 Å². The molecular weight excluding hydrogens is 248 g/mol. The molecule has 0 aromatic heterocycles. The molecule has 0 bridgehead atoms. The SMILES string of the molecule is C=CCOC(=O)c1cccc(C(=O)OCC2CO2)c1. The van der Waals surface area contributed by atoms with Gasteiger partial charge >= 0.3 is 11.9 Å². The van der Waals surface area contributed by atoms with Crippen molar-refractivity contribution in [1.29, 1.82) is 0 Å². The number of esters is 2. The lowest BCUT2D eigenvalue weighted by Gasteiger charge is -2.05. The number of hydrogen-bond acceptors (Lipinski definition) is 5. The molecule has 0 amide bonds. The van der Waals surface area contributed by atoms with E-state index in [2.05, 4.69) is 6.58 Å². The zero-order valence-electron chi connectivity index (χ0n) is 10.3. The Balaban J connectivity index is 1.98. The summed E-state index contributed by atoms with van der Waals surface area (Å²) in [5, 5.41) is 0. The Kier molecular flexibility index (Phi) is 4.30. The second-order valence-corrected chi connectivity index (χ2v) is 4.02. The first-order valence-corrected chi connectivity index (χ1v) is 5.87. The number of carbonyl (C=O) groups excluding carboxylic acids is 2. The van der Waals surface area contributed by atoms with E-state index in [0.29, 0.717) is 17.7 Å². The van der Waals surface area contributed by atoms with Crippen molar-refractivity contribution in [2.75, 3.05) is 19.8 Å². The smallest absolute Gasteiger partial charge is 0.338 e. The molecule has 5 nitrogen and oxygen atoms in total.